The Hall–Kier alpha value is -4.33. The molecule has 5 amide bonds. The maximum absolute atomic E-state index is 14.3. The highest BCUT2D eigenvalue weighted by atomic mass is 31.2. The van der Waals surface area contributed by atoms with Gasteiger partial charge in [-0.15, -0.1) is 0 Å². The van der Waals surface area contributed by atoms with Gasteiger partial charge in [0.1, 0.15) is 39.0 Å². The first kappa shape index (κ1) is 61.7. The van der Waals surface area contributed by atoms with Crippen molar-refractivity contribution in [3.63, 3.8) is 0 Å². The van der Waals surface area contributed by atoms with Crippen molar-refractivity contribution in [3.05, 3.63) is 0 Å². The molecular weight excluding hydrogens is 925 g/mol. The zero-order valence-electron chi connectivity index (χ0n) is 40.2. The van der Waals surface area contributed by atoms with Crippen molar-refractivity contribution in [2.45, 2.75) is 71.4 Å². The van der Waals surface area contributed by atoms with E-state index in [1.165, 1.54) is 34.5 Å². The summed E-state index contributed by atoms with van der Waals surface area (Å²) in [6.07, 6.45) is 0.676. The smallest absolute Gasteiger partial charge is 0.327 e. The summed E-state index contributed by atoms with van der Waals surface area (Å²) in [5.41, 5.74) is 0. The molecule has 0 aromatic carbocycles. The number of amides is 5. The summed E-state index contributed by atoms with van der Waals surface area (Å²) in [6, 6.07) is -1.33. The molecule has 0 heterocycles. The zero-order chi connectivity index (χ0) is 50.4. The van der Waals surface area contributed by atoms with Crippen LogP contribution in [0.25, 0.3) is 0 Å². The summed E-state index contributed by atoms with van der Waals surface area (Å²) in [7, 11) is -1.98. The van der Waals surface area contributed by atoms with E-state index in [1.807, 2.05) is 0 Å². The Kier molecular flexibility index (Phi) is 34.9. The number of carbonyl (C=O) groups excluding carboxylic acids is 8. The van der Waals surface area contributed by atoms with Crippen molar-refractivity contribution in [2.75, 3.05) is 146 Å². The van der Waals surface area contributed by atoms with Gasteiger partial charge in [-0.25, -0.2) is 0 Å². The van der Waals surface area contributed by atoms with E-state index in [4.69, 9.17) is 51.7 Å². The molecule has 26 heteroatoms. The van der Waals surface area contributed by atoms with E-state index in [1.54, 1.807) is 0 Å². The molecule has 0 spiro atoms. The Morgan fingerprint density at radius 3 is 1.29 bits per heavy atom. The van der Waals surface area contributed by atoms with Crippen LogP contribution in [0, 0.1) is 5.92 Å². The Labute approximate surface area is 398 Å². The van der Waals surface area contributed by atoms with Gasteiger partial charge in [0.2, 0.25) is 29.5 Å². The second-order valence-electron chi connectivity index (χ2n) is 15.1. The van der Waals surface area contributed by atoms with Gasteiger partial charge in [0.15, 0.2) is 0 Å². The maximum Gasteiger partial charge on any atom is 0.327 e. The monoisotopic (exact) mass is 999 g/mol. The lowest BCUT2D eigenvalue weighted by Crippen LogP contribution is -2.54. The number of carbonyl (C=O) groups is 8. The second-order valence-corrected chi connectivity index (χ2v) is 17.2. The van der Waals surface area contributed by atoms with Crippen molar-refractivity contribution in [3.8, 4) is 0 Å². The average Bonchev–Trinajstić information content (AvgIpc) is 3.28. The van der Waals surface area contributed by atoms with E-state index in [9.17, 15) is 42.9 Å². The standard InChI is InChI=1S/C42H74N5O20P/c1-32(48)64-27-24-61-21-18-58-15-12-43-38(51)11-10-37(46-41(54)35-6-8-36(9-7-35)67-68(5,56)57-4)42(55)47(30-39(52)44-13-16-59-19-22-62-25-28-65-33(2)49)31-40(53)45-14-17-60-20-23-63-26-29-66-34(3)50/h35-37H,6-31H2,1-5H3,(H,43,51)(H,44,52)(H,45,53)(H,46,54). The summed E-state index contributed by atoms with van der Waals surface area (Å²) < 4.78 is 69.6. The predicted molar refractivity (Wildman–Crippen MR) is 239 cm³/mol. The quantitative estimate of drug-likeness (QED) is 0.0254. The van der Waals surface area contributed by atoms with Crippen LogP contribution in [0.3, 0.4) is 0 Å². The number of hydrogen-bond acceptors (Lipinski definition) is 20. The Morgan fingerprint density at radius 2 is 0.912 bits per heavy atom. The molecule has 0 bridgehead atoms. The van der Waals surface area contributed by atoms with Crippen molar-refractivity contribution < 1.29 is 94.6 Å². The zero-order valence-corrected chi connectivity index (χ0v) is 41.1. The summed E-state index contributed by atoms with van der Waals surface area (Å²) >= 11 is 0. The molecule has 1 rings (SSSR count). The highest BCUT2D eigenvalue weighted by molar-refractivity contribution is 7.52. The highest BCUT2D eigenvalue weighted by Gasteiger charge is 2.34. The van der Waals surface area contributed by atoms with Crippen molar-refractivity contribution >= 4 is 55.0 Å². The topological polar surface area (TPSA) is 307 Å². The first-order valence-corrected chi connectivity index (χ1v) is 24.6. The molecule has 68 heavy (non-hydrogen) atoms. The van der Waals surface area contributed by atoms with Crippen LogP contribution in [0.4, 0.5) is 0 Å². The van der Waals surface area contributed by atoms with E-state index in [-0.39, 0.29) is 132 Å². The van der Waals surface area contributed by atoms with E-state index < -0.39 is 86.2 Å². The lowest BCUT2D eigenvalue weighted by Gasteiger charge is -2.31. The van der Waals surface area contributed by atoms with Gasteiger partial charge in [-0.2, -0.15) is 0 Å². The van der Waals surface area contributed by atoms with Crippen LogP contribution in [-0.4, -0.2) is 210 Å². The molecule has 25 nitrogen and oxygen atoms in total. The fourth-order valence-electron chi connectivity index (χ4n) is 6.03. The molecule has 4 N–H and O–H groups in total. The Balaban J connectivity index is 2.98. The summed E-state index contributed by atoms with van der Waals surface area (Å²) in [4.78, 5) is 101. The van der Waals surface area contributed by atoms with E-state index in [2.05, 4.69) is 21.3 Å². The van der Waals surface area contributed by atoms with Gasteiger partial charge in [0.25, 0.3) is 0 Å². The number of esters is 3. The fourth-order valence-corrected chi connectivity index (χ4v) is 6.87. The van der Waals surface area contributed by atoms with Gasteiger partial charge in [0, 0.05) is 66.5 Å². The minimum Gasteiger partial charge on any atom is -0.463 e. The van der Waals surface area contributed by atoms with E-state index in [0.717, 1.165) is 4.90 Å². The van der Waals surface area contributed by atoms with Crippen molar-refractivity contribution in [2.24, 2.45) is 5.92 Å². The largest absolute Gasteiger partial charge is 0.463 e. The third kappa shape index (κ3) is 34.0. The molecule has 1 aliphatic carbocycles. The van der Waals surface area contributed by atoms with Crippen LogP contribution in [0.2, 0.25) is 0 Å². The Morgan fingerprint density at radius 1 is 0.544 bits per heavy atom. The van der Waals surface area contributed by atoms with Crippen molar-refractivity contribution in [1.29, 1.82) is 0 Å². The molecule has 2 unspecified atom stereocenters. The molecule has 0 aliphatic heterocycles. The lowest BCUT2D eigenvalue weighted by molar-refractivity contribution is -0.143. The van der Waals surface area contributed by atoms with Gasteiger partial charge in [-0.1, -0.05) is 0 Å². The van der Waals surface area contributed by atoms with Crippen LogP contribution in [0.15, 0.2) is 0 Å². The number of hydrogen-bond donors (Lipinski definition) is 4. The van der Waals surface area contributed by atoms with Crippen molar-refractivity contribution in [1.82, 2.24) is 26.2 Å². The lowest BCUT2D eigenvalue weighted by atomic mass is 9.86. The first-order chi connectivity index (χ1) is 32.5. The maximum atomic E-state index is 14.3. The first-order valence-electron chi connectivity index (χ1n) is 22.6. The predicted octanol–water partition coefficient (Wildman–Crippen LogP) is -0.738. The molecule has 1 aliphatic rings. The molecule has 392 valence electrons. The third-order valence-electron chi connectivity index (χ3n) is 9.39. The molecule has 0 saturated heterocycles. The minimum absolute atomic E-state index is 0.0444. The molecule has 0 aromatic heterocycles. The molecule has 0 radical (unpaired) electrons. The highest BCUT2D eigenvalue weighted by Crippen LogP contribution is 2.46. The van der Waals surface area contributed by atoms with Crippen LogP contribution < -0.4 is 21.3 Å². The molecule has 1 saturated carbocycles. The van der Waals surface area contributed by atoms with Gasteiger partial charge < -0.3 is 77.8 Å². The normalized spacial score (nSPS) is 15.8. The number of rotatable bonds is 40. The van der Waals surface area contributed by atoms with Gasteiger partial charge in [-0.3, -0.25) is 42.9 Å². The van der Waals surface area contributed by atoms with E-state index >= 15 is 0 Å². The molecule has 1 fully saturated rings. The molecular formula is C42H74N5O20P. The molecule has 0 aromatic rings. The van der Waals surface area contributed by atoms with Gasteiger partial charge in [0.05, 0.1) is 85.4 Å². The average molecular weight is 1000 g/mol. The molecule has 2 atom stereocenters. The second kappa shape index (κ2) is 38.5. The number of nitrogens with zero attached hydrogens (tertiary/aromatic N) is 1. The number of nitrogens with one attached hydrogen (secondary N) is 4. The summed E-state index contributed by atoms with van der Waals surface area (Å²) in [6.45, 7) is 6.75. The summed E-state index contributed by atoms with van der Waals surface area (Å²) in [5.74, 6) is -4.80. The SMILES string of the molecule is COP(C)(=O)OC1CCC(C(=O)NC(CCC(=O)NCCOCCOCCOC(C)=O)C(=O)N(CC(=O)NCCOCCOCCOC(C)=O)CC(=O)NCCOCCOCCOC(C)=O)CC1. The summed E-state index contributed by atoms with van der Waals surface area (Å²) in [5, 5.41) is 10.7. The third-order valence-corrected chi connectivity index (χ3v) is 10.7. The van der Waals surface area contributed by atoms with Crippen LogP contribution in [-0.2, 0) is 94.6 Å². The van der Waals surface area contributed by atoms with Crippen LogP contribution in [0.1, 0.15) is 59.3 Å². The fraction of sp³-hybridized carbons (Fsp3) is 0.810. The number of ether oxygens (including phenoxy) is 9. The van der Waals surface area contributed by atoms with Gasteiger partial charge >= 0.3 is 25.5 Å². The van der Waals surface area contributed by atoms with Gasteiger partial charge in [-0.05, 0) is 32.1 Å². The van der Waals surface area contributed by atoms with Crippen LogP contribution in [0.5, 0.6) is 0 Å². The minimum atomic E-state index is -3.27. The Bertz CT molecular complexity index is 1500. The van der Waals surface area contributed by atoms with Crippen LogP contribution >= 0.6 is 7.60 Å². The van der Waals surface area contributed by atoms with E-state index in [0.29, 0.717) is 25.7 Å².